The maximum atomic E-state index is 5.88. The maximum absolute atomic E-state index is 5.88. The van der Waals surface area contributed by atoms with Crippen molar-refractivity contribution in [2.45, 2.75) is 12.5 Å². The van der Waals surface area contributed by atoms with E-state index in [0.29, 0.717) is 17.1 Å². The quantitative estimate of drug-likeness (QED) is 0.521. The highest BCUT2D eigenvalue weighted by Crippen LogP contribution is 2.27. The molecule has 1 atom stereocenters. The fourth-order valence-corrected chi connectivity index (χ4v) is 1.73. The minimum atomic E-state index is -0.112. The van der Waals surface area contributed by atoms with E-state index in [4.69, 9.17) is 22.9 Å². The normalized spacial score (nSPS) is 20.2. The number of nitrogens with two attached hydrogens (primary N) is 4. The van der Waals surface area contributed by atoms with E-state index in [-0.39, 0.29) is 6.04 Å². The first-order valence-electron chi connectivity index (χ1n) is 5.15. The lowest BCUT2D eigenvalue weighted by molar-refractivity contribution is 0.775. The summed E-state index contributed by atoms with van der Waals surface area (Å²) in [5, 5.41) is 0. The Bertz CT molecular complexity index is 474. The zero-order valence-electron chi connectivity index (χ0n) is 8.98. The van der Waals surface area contributed by atoms with Crippen molar-refractivity contribution in [2.24, 2.45) is 11.5 Å². The summed E-state index contributed by atoms with van der Waals surface area (Å²) < 4.78 is 0. The van der Waals surface area contributed by atoms with E-state index in [0.717, 1.165) is 17.6 Å². The van der Waals surface area contributed by atoms with Crippen LogP contribution in [0.2, 0.25) is 0 Å². The third kappa shape index (κ3) is 1.87. The summed E-state index contributed by atoms with van der Waals surface area (Å²) in [4.78, 5) is 0. The van der Waals surface area contributed by atoms with Gasteiger partial charge < -0.3 is 22.9 Å². The Hall–Kier alpha value is -1.94. The molecule has 0 fully saturated rings. The third-order valence-corrected chi connectivity index (χ3v) is 2.80. The highest BCUT2D eigenvalue weighted by molar-refractivity contribution is 5.76. The van der Waals surface area contributed by atoms with Crippen LogP contribution in [0.1, 0.15) is 12.0 Å². The van der Waals surface area contributed by atoms with Gasteiger partial charge in [0.2, 0.25) is 0 Å². The van der Waals surface area contributed by atoms with Crippen LogP contribution in [0.25, 0.3) is 5.57 Å². The average molecular weight is 216 g/mol. The zero-order chi connectivity index (χ0) is 11.7. The van der Waals surface area contributed by atoms with E-state index in [9.17, 15) is 0 Å². The molecule has 1 aliphatic rings. The number of nitrogen functional groups attached to an aromatic ring is 2. The summed E-state index contributed by atoms with van der Waals surface area (Å²) in [5.74, 6) is 0. The van der Waals surface area contributed by atoms with Crippen molar-refractivity contribution in [1.82, 2.24) is 0 Å². The van der Waals surface area contributed by atoms with Gasteiger partial charge in [-0.15, -0.1) is 0 Å². The molecule has 0 amide bonds. The molecule has 8 N–H and O–H groups in total. The Morgan fingerprint density at radius 2 is 1.75 bits per heavy atom. The molecule has 4 heteroatoms. The molecular formula is C12H16N4. The number of allylic oxidation sites excluding steroid dienone is 2. The lowest BCUT2D eigenvalue weighted by Crippen LogP contribution is -2.29. The van der Waals surface area contributed by atoms with Crippen LogP contribution >= 0.6 is 0 Å². The average Bonchev–Trinajstić information content (AvgIpc) is 2.26. The van der Waals surface area contributed by atoms with Gasteiger partial charge >= 0.3 is 0 Å². The first-order chi connectivity index (χ1) is 7.58. The van der Waals surface area contributed by atoms with E-state index in [2.05, 4.69) is 0 Å². The van der Waals surface area contributed by atoms with Gasteiger partial charge in [-0.25, -0.2) is 0 Å². The van der Waals surface area contributed by atoms with Gasteiger partial charge in [-0.05, 0) is 35.8 Å². The Kier molecular flexibility index (Phi) is 2.58. The Morgan fingerprint density at radius 1 is 1.00 bits per heavy atom. The number of rotatable bonds is 1. The van der Waals surface area contributed by atoms with Crippen molar-refractivity contribution in [3.05, 3.63) is 41.6 Å². The summed E-state index contributed by atoms with van der Waals surface area (Å²) in [6.07, 6.45) is 4.55. The molecule has 0 saturated heterocycles. The molecule has 0 bridgehead atoms. The molecule has 16 heavy (non-hydrogen) atoms. The summed E-state index contributed by atoms with van der Waals surface area (Å²) in [6.45, 7) is 0. The van der Waals surface area contributed by atoms with Crippen LogP contribution in [-0.2, 0) is 0 Å². The van der Waals surface area contributed by atoms with Crippen LogP contribution in [0.15, 0.2) is 36.0 Å². The zero-order valence-corrected chi connectivity index (χ0v) is 8.98. The van der Waals surface area contributed by atoms with E-state index >= 15 is 0 Å². The molecule has 0 aromatic heterocycles. The second kappa shape index (κ2) is 3.90. The maximum Gasteiger partial charge on any atom is 0.0553 e. The van der Waals surface area contributed by atoms with E-state index < -0.39 is 0 Å². The van der Waals surface area contributed by atoms with Gasteiger partial charge in [-0.3, -0.25) is 0 Å². The van der Waals surface area contributed by atoms with Gasteiger partial charge in [0.05, 0.1) is 11.4 Å². The van der Waals surface area contributed by atoms with Crippen LogP contribution in [0, 0.1) is 0 Å². The minimum Gasteiger partial charge on any atom is -0.401 e. The van der Waals surface area contributed by atoms with Crippen molar-refractivity contribution in [2.75, 3.05) is 11.5 Å². The largest absolute Gasteiger partial charge is 0.401 e. The fraction of sp³-hybridized carbons (Fsp3) is 0.167. The molecule has 1 aliphatic carbocycles. The molecule has 0 saturated carbocycles. The van der Waals surface area contributed by atoms with E-state index in [1.165, 1.54) is 0 Å². The molecule has 1 unspecified atom stereocenters. The second-order valence-electron chi connectivity index (χ2n) is 4.01. The summed E-state index contributed by atoms with van der Waals surface area (Å²) >= 11 is 0. The number of benzene rings is 1. The van der Waals surface area contributed by atoms with Crippen molar-refractivity contribution in [1.29, 1.82) is 0 Å². The predicted molar refractivity (Wildman–Crippen MR) is 68.1 cm³/mol. The highest BCUT2D eigenvalue weighted by Gasteiger charge is 2.14. The third-order valence-electron chi connectivity index (χ3n) is 2.80. The number of anilines is 2. The molecule has 0 aliphatic heterocycles. The van der Waals surface area contributed by atoms with Gasteiger partial charge in [0, 0.05) is 11.7 Å². The molecule has 2 rings (SSSR count). The van der Waals surface area contributed by atoms with Gasteiger partial charge in [0.15, 0.2) is 0 Å². The van der Waals surface area contributed by atoms with Gasteiger partial charge in [0.1, 0.15) is 0 Å². The summed E-state index contributed by atoms with van der Waals surface area (Å²) in [5.41, 5.74) is 27.1. The fourth-order valence-electron chi connectivity index (χ4n) is 1.73. The molecular weight excluding hydrogens is 200 g/mol. The van der Waals surface area contributed by atoms with Crippen molar-refractivity contribution in [3.63, 3.8) is 0 Å². The lowest BCUT2D eigenvalue weighted by atomic mass is 9.92. The summed E-state index contributed by atoms with van der Waals surface area (Å²) in [6, 6.07) is 5.50. The molecule has 84 valence electrons. The van der Waals surface area contributed by atoms with E-state index in [1.807, 2.05) is 24.3 Å². The molecule has 4 nitrogen and oxygen atoms in total. The second-order valence-corrected chi connectivity index (χ2v) is 4.01. The predicted octanol–water partition coefficient (Wildman–Crippen LogP) is 0.808. The molecule has 0 radical (unpaired) electrons. The molecule has 1 aromatic rings. The lowest BCUT2D eigenvalue weighted by Gasteiger charge is -2.19. The van der Waals surface area contributed by atoms with Crippen molar-refractivity contribution in [3.8, 4) is 0 Å². The minimum absolute atomic E-state index is 0.112. The Morgan fingerprint density at radius 3 is 2.38 bits per heavy atom. The SMILES string of the molecule is NC1=CC=C(c2ccc(N)c(N)c2)CC1N. The smallest absolute Gasteiger partial charge is 0.0553 e. The highest BCUT2D eigenvalue weighted by atomic mass is 14.7. The van der Waals surface area contributed by atoms with Crippen LogP contribution in [0.4, 0.5) is 11.4 Å². The summed E-state index contributed by atoms with van der Waals surface area (Å²) in [7, 11) is 0. The first-order valence-corrected chi connectivity index (χ1v) is 5.15. The Balaban J connectivity index is 2.35. The van der Waals surface area contributed by atoms with Gasteiger partial charge in [-0.1, -0.05) is 12.1 Å². The van der Waals surface area contributed by atoms with E-state index in [1.54, 1.807) is 6.07 Å². The first kappa shape index (κ1) is 10.6. The van der Waals surface area contributed by atoms with Crippen molar-refractivity contribution < 1.29 is 0 Å². The van der Waals surface area contributed by atoms with Crippen LogP contribution < -0.4 is 22.9 Å². The monoisotopic (exact) mass is 216 g/mol. The number of hydrogen-bond donors (Lipinski definition) is 4. The standard InChI is InChI=1S/C12H16N4/c13-9-3-1-7(5-11(9)15)8-2-4-10(14)12(16)6-8/h1-5,12H,6,13-16H2. The van der Waals surface area contributed by atoms with Crippen LogP contribution in [0.5, 0.6) is 0 Å². The van der Waals surface area contributed by atoms with Crippen LogP contribution in [0.3, 0.4) is 0 Å². The molecule has 0 heterocycles. The Labute approximate surface area is 94.6 Å². The van der Waals surface area contributed by atoms with Gasteiger partial charge in [-0.2, -0.15) is 0 Å². The topological polar surface area (TPSA) is 104 Å². The van der Waals surface area contributed by atoms with Crippen molar-refractivity contribution >= 4 is 16.9 Å². The van der Waals surface area contributed by atoms with Gasteiger partial charge in [0.25, 0.3) is 0 Å². The van der Waals surface area contributed by atoms with Crippen LogP contribution in [-0.4, -0.2) is 6.04 Å². The number of hydrogen-bond acceptors (Lipinski definition) is 4. The molecule has 0 spiro atoms. The molecule has 1 aromatic carbocycles.